The number of rotatable bonds is 10. The summed E-state index contributed by atoms with van der Waals surface area (Å²) in [4.78, 5) is 39.7. The van der Waals surface area contributed by atoms with E-state index < -0.39 is 0 Å². The predicted molar refractivity (Wildman–Crippen MR) is 126 cm³/mol. The fourth-order valence-electron chi connectivity index (χ4n) is 6.28. The molecule has 180 valence electrons. The van der Waals surface area contributed by atoms with Crippen molar-refractivity contribution < 1.29 is 19.1 Å². The molecule has 4 rings (SSSR count). The fourth-order valence-corrected chi connectivity index (χ4v) is 6.28. The van der Waals surface area contributed by atoms with E-state index in [9.17, 15) is 14.4 Å². The smallest absolute Gasteiger partial charge is 0.224 e. The number of primary amides is 1. The van der Waals surface area contributed by atoms with Gasteiger partial charge in [-0.2, -0.15) is 0 Å². The number of methoxy groups -OCH3 is 1. The van der Waals surface area contributed by atoms with Crippen LogP contribution in [0.15, 0.2) is 24.3 Å². The average Bonchev–Trinajstić information content (AvgIpc) is 3.46. The molecule has 0 radical (unpaired) electrons. The third kappa shape index (κ3) is 5.40. The number of ketones is 1. The van der Waals surface area contributed by atoms with Gasteiger partial charge in [-0.15, -0.1) is 0 Å². The molecule has 0 aromatic heterocycles. The van der Waals surface area contributed by atoms with Crippen molar-refractivity contribution in [3.63, 3.8) is 0 Å². The lowest BCUT2D eigenvalue weighted by molar-refractivity contribution is -0.135. The first-order valence-electron chi connectivity index (χ1n) is 12.5. The number of nitrogens with two attached hydrogens (primary N) is 1. The molecule has 3 aliphatic rings. The Morgan fingerprint density at radius 3 is 2.30 bits per heavy atom. The summed E-state index contributed by atoms with van der Waals surface area (Å²) in [5, 5.41) is 3.06. The number of carbonyl (C=O) groups excluding carboxylic acids is 3. The Balaban J connectivity index is 1.12. The predicted octanol–water partition coefficient (Wildman–Crippen LogP) is 2.63. The van der Waals surface area contributed by atoms with Gasteiger partial charge in [0.2, 0.25) is 11.8 Å². The minimum atomic E-state index is -0.309. The molecule has 2 aliphatic carbocycles. The maximum absolute atomic E-state index is 12.8. The van der Waals surface area contributed by atoms with Crippen LogP contribution in [0.25, 0.3) is 0 Å². The molecule has 33 heavy (non-hydrogen) atoms. The van der Waals surface area contributed by atoms with Crippen LogP contribution in [0.3, 0.4) is 0 Å². The summed E-state index contributed by atoms with van der Waals surface area (Å²) in [6, 6.07) is 7.38. The van der Waals surface area contributed by atoms with Crippen LogP contribution in [-0.2, 0) is 9.59 Å². The van der Waals surface area contributed by atoms with Crippen molar-refractivity contribution in [2.75, 3.05) is 33.3 Å². The minimum absolute atomic E-state index is 0.0175. The molecule has 0 spiro atoms. The summed E-state index contributed by atoms with van der Waals surface area (Å²) in [5.74, 6) is 0.941. The number of carbonyl (C=O) groups is 3. The van der Waals surface area contributed by atoms with Crippen molar-refractivity contribution in [2.45, 2.75) is 44.9 Å². The Labute approximate surface area is 196 Å². The van der Waals surface area contributed by atoms with E-state index in [4.69, 9.17) is 10.5 Å². The number of benzene rings is 1. The highest BCUT2D eigenvalue weighted by molar-refractivity contribution is 5.98. The highest BCUT2D eigenvalue weighted by Gasteiger charge is 2.53. The van der Waals surface area contributed by atoms with Crippen molar-refractivity contribution >= 4 is 17.6 Å². The van der Waals surface area contributed by atoms with Gasteiger partial charge >= 0.3 is 0 Å². The molecular formula is C26H37N3O4. The number of hydrogen-bond acceptors (Lipinski definition) is 5. The standard InChI is InChI=1S/C26H37N3O4/c1-33-21-8-6-17(7-9-21)24(30)18-10-14-29(15-11-18)13-3-2-12-28-26(32)23-20-5-4-19(16-20)22(23)25(27)31/h6-9,18-20,22-23H,2-5,10-16H2,1H3,(H2,27,31)(H,28,32). The van der Waals surface area contributed by atoms with Gasteiger partial charge in [0, 0.05) is 18.0 Å². The molecule has 3 fully saturated rings. The monoisotopic (exact) mass is 455 g/mol. The molecule has 1 saturated heterocycles. The Hall–Kier alpha value is -2.41. The van der Waals surface area contributed by atoms with Gasteiger partial charge in [0.05, 0.1) is 18.9 Å². The second-order valence-electron chi connectivity index (χ2n) is 9.99. The summed E-state index contributed by atoms with van der Waals surface area (Å²) >= 11 is 0. The molecule has 1 heterocycles. The lowest BCUT2D eigenvalue weighted by Gasteiger charge is -2.31. The maximum Gasteiger partial charge on any atom is 0.224 e. The van der Waals surface area contributed by atoms with Crippen LogP contribution in [0.4, 0.5) is 0 Å². The van der Waals surface area contributed by atoms with Gasteiger partial charge in [-0.3, -0.25) is 14.4 Å². The SMILES string of the molecule is COc1ccc(C(=O)C2CCN(CCCCNC(=O)C3C4CCC(C4)C3C(N)=O)CC2)cc1. The van der Waals surface area contributed by atoms with Gasteiger partial charge in [-0.1, -0.05) is 0 Å². The lowest BCUT2D eigenvalue weighted by Crippen LogP contribution is -2.43. The summed E-state index contributed by atoms with van der Waals surface area (Å²) in [6.45, 7) is 3.50. The van der Waals surface area contributed by atoms with E-state index in [0.717, 1.165) is 75.9 Å². The number of unbranched alkanes of at least 4 members (excludes halogenated alkanes) is 1. The van der Waals surface area contributed by atoms with E-state index >= 15 is 0 Å². The molecule has 1 aromatic rings. The highest BCUT2D eigenvalue weighted by atomic mass is 16.5. The quantitative estimate of drug-likeness (QED) is 0.417. The summed E-state index contributed by atoms with van der Waals surface area (Å²) < 4.78 is 5.17. The molecule has 4 unspecified atom stereocenters. The van der Waals surface area contributed by atoms with E-state index in [-0.39, 0.29) is 35.4 Å². The van der Waals surface area contributed by atoms with Gasteiger partial charge in [-0.05, 0) is 101 Å². The number of nitrogens with zero attached hydrogens (tertiary/aromatic N) is 1. The number of piperidine rings is 1. The summed E-state index contributed by atoms with van der Waals surface area (Å²) in [7, 11) is 1.62. The third-order valence-corrected chi connectivity index (χ3v) is 8.08. The van der Waals surface area contributed by atoms with Gasteiger partial charge in [0.1, 0.15) is 5.75 Å². The molecule has 7 nitrogen and oxygen atoms in total. The van der Waals surface area contributed by atoms with E-state index in [1.54, 1.807) is 7.11 Å². The van der Waals surface area contributed by atoms with Gasteiger partial charge < -0.3 is 20.7 Å². The van der Waals surface area contributed by atoms with Crippen molar-refractivity contribution in [2.24, 2.45) is 35.3 Å². The van der Waals surface area contributed by atoms with Gasteiger partial charge in [0.25, 0.3) is 0 Å². The normalized spacial score (nSPS) is 27.4. The van der Waals surface area contributed by atoms with Crippen molar-refractivity contribution in [3.8, 4) is 5.75 Å². The van der Waals surface area contributed by atoms with Crippen LogP contribution in [0.5, 0.6) is 5.75 Å². The Bertz CT molecular complexity index is 848. The Morgan fingerprint density at radius 1 is 1.00 bits per heavy atom. The van der Waals surface area contributed by atoms with E-state index in [0.29, 0.717) is 18.4 Å². The van der Waals surface area contributed by atoms with E-state index in [1.165, 1.54) is 0 Å². The number of amides is 2. The average molecular weight is 456 g/mol. The summed E-state index contributed by atoms with van der Waals surface area (Å²) in [5.41, 5.74) is 6.36. The van der Waals surface area contributed by atoms with Gasteiger partial charge in [-0.25, -0.2) is 0 Å². The topological polar surface area (TPSA) is 102 Å². The molecule has 4 atom stereocenters. The van der Waals surface area contributed by atoms with E-state index in [1.807, 2.05) is 24.3 Å². The fraction of sp³-hybridized carbons (Fsp3) is 0.654. The van der Waals surface area contributed by atoms with Crippen molar-refractivity contribution in [3.05, 3.63) is 29.8 Å². The van der Waals surface area contributed by atoms with Crippen LogP contribution < -0.4 is 15.8 Å². The van der Waals surface area contributed by atoms with Crippen molar-refractivity contribution in [1.82, 2.24) is 10.2 Å². The minimum Gasteiger partial charge on any atom is -0.497 e. The second kappa shape index (κ2) is 10.7. The number of nitrogens with one attached hydrogen (secondary N) is 1. The molecule has 2 amide bonds. The van der Waals surface area contributed by atoms with Crippen LogP contribution in [0.1, 0.15) is 55.3 Å². The second-order valence-corrected chi connectivity index (χ2v) is 9.99. The molecule has 1 aromatic carbocycles. The van der Waals surface area contributed by atoms with E-state index in [2.05, 4.69) is 10.2 Å². The molecule has 1 aliphatic heterocycles. The lowest BCUT2D eigenvalue weighted by atomic mass is 9.78. The number of fused-ring (bicyclic) bond motifs is 2. The number of Topliss-reactive ketones (excluding diaryl/α,β-unsaturated/α-hetero) is 1. The van der Waals surface area contributed by atoms with Crippen LogP contribution >= 0.6 is 0 Å². The van der Waals surface area contributed by atoms with Gasteiger partial charge in [0.15, 0.2) is 5.78 Å². The molecule has 3 N–H and O–H groups in total. The van der Waals surface area contributed by atoms with Crippen LogP contribution in [0.2, 0.25) is 0 Å². The zero-order valence-electron chi connectivity index (χ0n) is 19.6. The highest BCUT2D eigenvalue weighted by Crippen LogP contribution is 2.52. The first-order valence-corrected chi connectivity index (χ1v) is 12.5. The molecule has 7 heteroatoms. The van der Waals surface area contributed by atoms with Crippen LogP contribution in [0, 0.1) is 29.6 Å². The number of likely N-dealkylation sites (tertiary alicyclic amines) is 1. The summed E-state index contributed by atoms with van der Waals surface area (Å²) in [6.07, 6.45) is 6.75. The first kappa shape index (κ1) is 23.7. The van der Waals surface area contributed by atoms with Crippen LogP contribution in [-0.4, -0.2) is 55.8 Å². The molecule has 2 bridgehead atoms. The zero-order valence-corrected chi connectivity index (χ0v) is 19.6. The zero-order chi connectivity index (χ0) is 23.4. The molecule has 2 saturated carbocycles. The molecular weight excluding hydrogens is 418 g/mol. The largest absolute Gasteiger partial charge is 0.497 e. The number of hydrogen-bond donors (Lipinski definition) is 2. The first-order chi connectivity index (χ1) is 16.0. The number of ether oxygens (including phenoxy) is 1. The maximum atomic E-state index is 12.8. The van der Waals surface area contributed by atoms with Crippen molar-refractivity contribution in [1.29, 1.82) is 0 Å². The Morgan fingerprint density at radius 2 is 1.67 bits per heavy atom. The third-order valence-electron chi connectivity index (χ3n) is 8.08. The Kier molecular flexibility index (Phi) is 7.68.